The molecular formula is C14H10Cl2F3NO3S. The third-order valence-corrected chi connectivity index (χ3v) is 4.96. The smallest absolute Gasteiger partial charge is 0.406 e. The van der Waals surface area contributed by atoms with Crippen LogP contribution in [0.5, 0.6) is 5.75 Å². The zero-order valence-corrected chi connectivity index (χ0v) is 14.1. The van der Waals surface area contributed by atoms with Gasteiger partial charge in [0, 0.05) is 6.54 Å². The summed E-state index contributed by atoms with van der Waals surface area (Å²) in [5.74, 6) is -0.390. The molecule has 2 rings (SSSR count). The monoisotopic (exact) mass is 399 g/mol. The van der Waals surface area contributed by atoms with Gasteiger partial charge in [0.1, 0.15) is 5.75 Å². The number of ether oxygens (including phenoxy) is 1. The average Bonchev–Trinajstić information content (AvgIpc) is 2.48. The molecule has 0 spiro atoms. The Balaban J connectivity index is 2.05. The molecule has 0 aliphatic rings. The van der Waals surface area contributed by atoms with E-state index in [1.165, 1.54) is 30.3 Å². The summed E-state index contributed by atoms with van der Waals surface area (Å²) in [7, 11) is -3.84. The SMILES string of the molecule is O=S(=O)(NCc1ccc(OC(F)(F)F)cc1)c1ccc(Cl)c(Cl)c1. The standard InChI is InChI=1S/C14H10Cl2F3NO3S/c15-12-6-5-11(7-13(12)16)24(21,22)20-8-9-1-3-10(4-2-9)23-14(17,18)19/h1-7,20H,8H2. The first-order chi connectivity index (χ1) is 11.1. The fraction of sp³-hybridized carbons (Fsp3) is 0.143. The summed E-state index contributed by atoms with van der Waals surface area (Å²) in [5.41, 5.74) is 0.452. The molecule has 4 nitrogen and oxygen atoms in total. The van der Waals surface area contributed by atoms with E-state index in [2.05, 4.69) is 9.46 Å². The van der Waals surface area contributed by atoms with Crippen LogP contribution in [-0.4, -0.2) is 14.8 Å². The van der Waals surface area contributed by atoms with E-state index in [-0.39, 0.29) is 21.5 Å². The number of hydrogen-bond donors (Lipinski definition) is 1. The Morgan fingerprint density at radius 3 is 2.17 bits per heavy atom. The van der Waals surface area contributed by atoms with Gasteiger partial charge in [0.25, 0.3) is 0 Å². The summed E-state index contributed by atoms with van der Waals surface area (Å²) in [6.45, 7) is -0.116. The highest BCUT2D eigenvalue weighted by atomic mass is 35.5. The lowest BCUT2D eigenvalue weighted by Crippen LogP contribution is -2.23. The molecule has 24 heavy (non-hydrogen) atoms. The van der Waals surface area contributed by atoms with Gasteiger partial charge in [0.15, 0.2) is 0 Å². The van der Waals surface area contributed by atoms with Crippen LogP contribution in [0.15, 0.2) is 47.4 Å². The maximum atomic E-state index is 12.1. The molecule has 0 aliphatic carbocycles. The molecule has 0 atom stereocenters. The van der Waals surface area contributed by atoms with Crippen LogP contribution in [0.2, 0.25) is 10.0 Å². The van der Waals surface area contributed by atoms with E-state index >= 15 is 0 Å². The van der Waals surface area contributed by atoms with E-state index in [0.29, 0.717) is 5.56 Å². The minimum absolute atomic E-state index is 0.0751. The maximum absolute atomic E-state index is 12.1. The van der Waals surface area contributed by atoms with Crippen LogP contribution in [0.4, 0.5) is 13.2 Å². The van der Waals surface area contributed by atoms with Crippen molar-refractivity contribution in [3.05, 3.63) is 58.1 Å². The lowest BCUT2D eigenvalue weighted by atomic mass is 10.2. The molecule has 2 aromatic carbocycles. The third kappa shape index (κ3) is 5.27. The third-order valence-electron chi connectivity index (χ3n) is 2.82. The zero-order valence-electron chi connectivity index (χ0n) is 11.8. The Morgan fingerprint density at radius 2 is 1.62 bits per heavy atom. The van der Waals surface area contributed by atoms with Gasteiger partial charge < -0.3 is 4.74 Å². The number of nitrogens with one attached hydrogen (secondary N) is 1. The number of alkyl halides is 3. The molecule has 0 unspecified atom stereocenters. The van der Waals surface area contributed by atoms with Crippen molar-refractivity contribution in [3.8, 4) is 5.75 Å². The Hall–Kier alpha value is -1.48. The number of benzene rings is 2. The fourth-order valence-corrected chi connectivity index (χ4v) is 3.12. The minimum atomic E-state index is -4.78. The summed E-state index contributed by atoms with van der Waals surface area (Å²) in [6.07, 6.45) is -4.78. The molecule has 10 heteroatoms. The molecule has 130 valence electrons. The highest BCUT2D eigenvalue weighted by Crippen LogP contribution is 2.25. The molecule has 0 heterocycles. The van der Waals surface area contributed by atoms with Crippen LogP contribution in [0.3, 0.4) is 0 Å². The van der Waals surface area contributed by atoms with E-state index < -0.39 is 22.1 Å². The summed E-state index contributed by atoms with van der Waals surface area (Å²) < 4.78 is 66.5. The van der Waals surface area contributed by atoms with Gasteiger partial charge in [0.2, 0.25) is 10.0 Å². The second kappa shape index (κ2) is 7.18. The van der Waals surface area contributed by atoms with E-state index in [4.69, 9.17) is 23.2 Å². The van der Waals surface area contributed by atoms with Gasteiger partial charge in [-0.1, -0.05) is 35.3 Å². The van der Waals surface area contributed by atoms with Crippen molar-refractivity contribution in [2.24, 2.45) is 0 Å². The highest BCUT2D eigenvalue weighted by Gasteiger charge is 2.30. The molecule has 0 aliphatic heterocycles. The van der Waals surface area contributed by atoms with Crippen LogP contribution >= 0.6 is 23.2 Å². The summed E-state index contributed by atoms with van der Waals surface area (Å²) >= 11 is 11.5. The Morgan fingerprint density at radius 1 is 1.00 bits per heavy atom. The zero-order chi connectivity index (χ0) is 18.0. The van der Waals surface area contributed by atoms with Gasteiger partial charge in [-0.05, 0) is 35.9 Å². The van der Waals surface area contributed by atoms with Crippen molar-refractivity contribution in [1.29, 1.82) is 0 Å². The van der Waals surface area contributed by atoms with Crippen molar-refractivity contribution < 1.29 is 26.3 Å². The first-order valence-corrected chi connectivity index (χ1v) is 8.60. The molecule has 0 aromatic heterocycles. The Kier molecular flexibility index (Phi) is 5.64. The van der Waals surface area contributed by atoms with Crippen LogP contribution < -0.4 is 9.46 Å². The predicted octanol–water partition coefficient (Wildman–Crippen LogP) is 4.37. The summed E-state index contributed by atoms with van der Waals surface area (Å²) in [4.78, 5) is -0.0751. The fourth-order valence-electron chi connectivity index (χ4n) is 1.71. The largest absolute Gasteiger partial charge is 0.573 e. The number of rotatable bonds is 5. The minimum Gasteiger partial charge on any atom is -0.406 e. The van der Waals surface area contributed by atoms with Gasteiger partial charge in [0.05, 0.1) is 14.9 Å². The van der Waals surface area contributed by atoms with Gasteiger partial charge in [-0.25, -0.2) is 13.1 Å². The lowest BCUT2D eigenvalue weighted by Gasteiger charge is -2.10. The lowest BCUT2D eigenvalue weighted by molar-refractivity contribution is -0.274. The first kappa shape index (κ1) is 18.9. The predicted molar refractivity (Wildman–Crippen MR) is 83.6 cm³/mol. The van der Waals surface area contributed by atoms with Crippen LogP contribution in [0.1, 0.15) is 5.56 Å². The summed E-state index contributed by atoms with van der Waals surface area (Å²) in [5, 5.41) is 0.309. The van der Waals surface area contributed by atoms with Crippen molar-refractivity contribution >= 4 is 33.2 Å². The van der Waals surface area contributed by atoms with Gasteiger partial charge in [-0.2, -0.15) is 0 Å². The normalized spacial score (nSPS) is 12.2. The maximum Gasteiger partial charge on any atom is 0.573 e. The molecule has 0 amide bonds. The van der Waals surface area contributed by atoms with Crippen LogP contribution in [0.25, 0.3) is 0 Å². The van der Waals surface area contributed by atoms with E-state index in [9.17, 15) is 21.6 Å². The molecule has 0 radical (unpaired) electrons. The second-order valence-electron chi connectivity index (χ2n) is 4.59. The number of sulfonamides is 1. The number of hydrogen-bond acceptors (Lipinski definition) is 3. The Labute approximate surface area is 146 Å². The average molecular weight is 400 g/mol. The molecule has 0 fully saturated rings. The van der Waals surface area contributed by atoms with Gasteiger partial charge in [-0.3, -0.25) is 0 Å². The van der Waals surface area contributed by atoms with Crippen molar-refractivity contribution in [2.75, 3.05) is 0 Å². The first-order valence-electron chi connectivity index (χ1n) is 6.36. The topological polar surface area (TPSA) is 55.4 Å². The highest BCUT2D eigenvalue weighted by molar-refractivity contribution is 7.89. The van der Waals surface area contributed by atoms with Crippen LogP contribution in [-0.2, 0) is 16.6 Å². The molecule has 0 saturated carbocycles. The van der Waals surface area contributed by atoms with Crippen molar-refractivity contribution in [1.82, 2.24) is 4.72 Å². The van der Waals surface area contributed by atoms with E-state index in [1.807, 2.05) is 0 Å². The Bertz CT molecular complexity index is 824. The molecule has 2 aromatic rings. The molecule has 1 N–H and O–H groups in total. The quantitative estimate of drug-likeness (QED) is 0.811. The van der Waals surface area contributed by atoms with Gasteiger partial charge >= 0.3 is 6.36 Å². The van der Waals surface area contributed by atoms with E-state index in [0.717, 1.165) is 12.1 Å². The molecular weight excluding hydrogens is 390 g/mol. The summed E-state index contributed by atoms with van der Waals surface area (Å²) in [6, 6.07) is 8.66. The van der Waals surface area contributed by atoms with Crippen LogP contribution in [0, 0.1) is 0 Å². The van der Waals surface area contributed by atoms with Crippen molar-refractivity contribution in [2.45, 2.75) is 17.8 Å². The molecule has 0 saturated heterocycles. The van der Waals surface area contributed by atoms with E-state index in [1.54, 1.807) is 0 Å². The number of halogens is 5. The second-order valence-corrected chi connectivity index (χ2v) is 7.17. The van der Waals surface area contributed by atoms with Crippen molar-refractivity contribution in [3.63, 3.8) is 0 Å². The molecule has 0 bridgehead atoms. The van der Waals surface area contributed by atoms with Gasteiger partial charge in [-0.15, -0.1) is 13.2 Å².